The van der Waals surface area contributed by atoms with Crippen LogP contribution in [-0.4, -0.2) is 58.7 Å². The smallest absolute Gasteiger partial charge is 0.144 e. The lowest BCUT2D eigenvalue weighted by Gasteiger charge is -2.33. The lowest BCUT2D eigenvalue weighted by atomic mass is 9.91. The fourth-order valence-electron chi connectivity index (χ4n) is 4.64. The number of Topliss-reactive ketones (excluding diaryl/α,β-unsaturated/α-hetero) is 1. The lowest BCUT2D eigenvalue weighted by molar-refractivity contribution is -1.10. The van der Waals surface area contributed by atoms with Crippen LogP contribution in [0.2, 0.25) is 0 Å². The molecule has 1 fully saturated rings. The van der Waals surface area contributed by atoms with Gasteiger partial charge in [-0.15, -0.1) is 0 Å². The molecule has 2 N–H and O–H groups in total. The second-order valence-electron chi connectivity index (χ2n) is 11.1. The molecule has 0 saturated carbocycles. The number of ketones is 1. The van der Waals surface area contributed by atoms with E-state index in [9.17, 15) is 15.1 Å². The van der Waals surface area contributed by atoms with E-state index in [1.165, 1.54) is 6.42 Å². The lowest BCUT2D eigenvalue weighted by Crippen LogP contribution is -2.49. The molecule has 1 aliphatic rings. The van der Waals surface area contributed by atoms with E-state index in [4.69, 9.17) is 9.26 Å². The molecular formula is C32H39N2O5+. The Morgan fingerprint density at radius 1 is 1.00 bits per heavy atom. The first-order valence-corrected chi connectivity index (χ1v) is 13.8. The Bertz CT molecular complexity index is 1280. The first kappa shape index (κ1) is 28.6. The molecule has 1 aliphatic heterocycles. The van der Waals surface area contributed by atoms with Gasteiger partial charge < -0.3 is 14.4 Å². The highest BCUT2D eigenvalue weighted by atomic mass is 16.5. The van der Waals surface area contributed by atoms with Crippen LogP contribution in [-0.2, 0) is 23.1 Å². The highest BCUT2D eigenvalue weighted by Gasteiger charge is 2.27. The summed E-state index contributed by atoms with van der Waals surface area (Å²) in [5.41, 5.74) is 2.73. The summed E-state index contributed by atoms with van der Waals surface area (Å²) in [5.74, 6) is 7.76. The first-order chi connectivity index (χ1) is 18.7. The van der Waals surface area contributed by atoms with E-state index in [0.29, 0.717) is 24.5 Å². The third-order valence-electron chi connectivity index (χ3n) is 7.20. The zero-order chi connectivity index (χ0) is 27.7. The number of ether oxygens (including phenoxy) is 1. The van der Waals surface area contributed by atoms with E-state index in [2.05, 4.69) is 17.0 Å². The van der Waals surface area contributed by atoms with Gasteiger partial charge in [0.15, 0.2) is 0 Å². The van der Waals surface area contributed by atoms with Crippen LogP contribution in [0.15, 0.2) is 59.1 Å². The molecule has 206 valence electrons. The van der Waals surface area contributed by atoms with Gasteiger partial charge in [0, 0.05) is 35.4 Å². The number of aliphatic hydroxyl groups excluding tert-OH is 1. The maximum atomic E-state index is 12.5. The van der Waals surface area contributed by atoms with Gasteiger partial charge in [0.05, 0.1) is 25.3 Å². The van der Waals surface area contributed by atoms with Crippen LogP contribution in [0.3, 0.4) is 0 Å². The quantitative estimate of drug-likeness (QED) is 0.209. The highest BCUT2D eigenvalue weighted by Crippen LogP contribution is 2.23. The maximum Gasteiger partial charge on any atom is 0.144 e. The van der Waals surface area contributed by atoms with E-state index in [1.807, 2.05) is 62.4 Å². The second kappa shape index (κ2) is 13.1. The van der Waals surface area contributed by atoms with Gasteiger partial charge in [-0.05, 0) is 61.2 Å². The Labute approximate surface area is 230 Å². The van der Waals surface area contributed by atoms with Gasteiger partial charge >= 0.3 is 0 Å². The van der Waals surface area contributed by atoms with E-state index >= 15 is 0 Å². The number of likely N-dealkylation sites (tertiary alicyclic amines) is 1. The number of aromatic nitrogens is 1. The number of hydrogen-bond acceptors (Lipinski definition) is 6. The van der Waals surface area contributed by atoms with Crippen molar-refractivity contribution in [1.82, 2.24) is 5.16 Å². The second-order valence-corrected chi connectivity index (χ2v) is 11.1. The number of carbonyl (C=O) groups excluding carboxylic acids is 1. The van der Waals surface area contributed by atoms with Gasteiger partial charge in [-0.1, -0.05) is 43.0 Å². The molecular weight excluding hydrogens is 492 g/mol. The Morgan fingerprint density at radius 2 is 1.64 bits per heavy atom. The predicted molar refractivity (Wildman–Crippen MR) is 149 cm³/mol. The summed E-state index contributed by atoms with van der Waals surface area (Å²) >= 11 is 0. The molecule has 0 spiro atoms. The Kier molecular flexibility index (Phi) is 9.58. The molecule has 0 radical (unpaired) electrons. The molecule has 7 heteroatoms. The van der Waals surface area contributed by atoms with Crippen molar-refractivity contribution in [2.24, 2.45) is 0 Å². The van der Waals surface area contributed by atoms with E-state index in [-0.39, 0.29) is 23.5 Å². The molecule has 2 aromatic carbocycles. The monoisotopic (exact) mass is 531 g/mol. The standard InChI is InChI=1S/C32H39N2O5/c1-32(2,24-35)31-23-28(33-39-31)22-29(36)21-27-11-9-25(10-12-27)7-8-26-13-15-30(16-14-26)38-20-6-19-34(37)17-4-3-5-18-34/h9-16,23,35,37H,3-6,17-22,24H2,1-2H3/q+1. The maximum absolute atomic E-state index is 12.5. The normalized spacial score (nSPS) is 14.9. The van der Waals surface area contributed by atoms with Crippen molar-refractivity contribution in [2.75, 3.05) is 32.8 Å². The first-order valence-electron chi connectivity index (χ1n) is 13.8. The van der Waals surface area contributed by atoms with Crippen molar-refractivity contribution >= 4 is 5.78 Å². The van der Waals surface area contributed by atoms with Crippen molar-refractivity contribution < 1.29 is 29.0 Å². The van der Waals surface area contributed by atoms with Gasteiger partial charge in [-0.2, -0.15) is 4.65 Å². The number of carbonyl (C=O) groups is 1. The summed E-state index contributed by atoms with van der Waals surface area (Å²) in [6.07, 6.45) is 4.73. The molecule has 0 amide bonds. The third kappa shape index (κ3) is 8.52. The number of aliphatic hydroxyl groups is 1. The molecule has 0 bridgehead atoms. The summed E-state index contributed by atoms with van der Waals surface area (Å²) in [6.45, 7) is 6.69. The van der Waals surface area contributed by atoms with Gasteiger partial charge in [-0.3, -0.25) is 4.79 Å². The van der Waals surface area contributed by atoms with E-state index < -0.39 is 5.41 Å². The van der Waals surface area contributed by atoms with Crippen LogP contribution >= 0.6 is 0 Å². The summed E-state index contributed by atoms with van der Waals surface area (Å²) in [7, 11) is 0. The minimum absolute atomic E-state index is 0.0433. The molecule has 3 aromatic rings. The fraction of sp³-hybridized carbons (Fsp3) is 0.438. The Hall–Kier alpha value is -3.44. The largest absolute Gasteiger partial charge is 0.493 e. The van der Waals surface area contributed by atoms with Crippen LogP contribution in [0, 0.1) is 11.8 Å². The van der Waals surface area contributed by atoms with Crippen molar-refractivity contribution in [2.45, 2.75) is 57.8 Å². The molecule has 7 nitrogen and oxygen atoms in total. The molecule has 4 rings (SSSR count). The molecule has 1 saturated heterocycles. The molecule has 0 aliphatic carbocycles. The average molecular weight is 532 g/mol. The fourth-order valence-corrected chi connectivity index (χ4v) is 4.64. The Balaban J connectivity index is 1.22. The van der Waals surface area contributed by atoms with Crippen LogP contribution in [0.5, 0.6) is 5.75 Å². The third-order valence-corrected chi connectivity index (χ3v) is 7.20. The Morgan fingerprint density at radius 3 is 2.28 bits per heavy atom. The topological polar surface area (TPSA) is 92.8 Å². The summed E-state index contributed by atoms with van der Waals surface area (Å²) in [4.78, 5) is 12.5. The number of hydrogen-bond donors (Lipinski definition) is 2. The van der Waals surface area contributed by atoms with Crippen molar-refractivity contribution in [3.05, 3.63) is 82.7 Å². The van der Waals surface area contributed by atoms with E-state index in [1.54, 1.807) is 6.07 Å². The van der Waals surface area contributed by atoms with Crippen LogP contribution in [0.25, 0.3) is 0 Å². The van der Waals surface area contributed by atoms with Crippen molar-refractivity contribution in [3.8, 4) is 17.6 Å². The molecule has 0 atom stereocenters. The average Bonchev–Trinajstić information content (AvgIpc) is 3.41. The number of benzene rings is 2. The number of nitrogens with zero attached hydrogens (tertiary/aromatic N) is 2. The predicted octanol–water partition coefficient (Wildman–Crippen LogP) is 4.86. The number of quaternary nitrogens is 1. The van der Waals surface area contributed by atoms with Crippen molar-refractivity contribution in [1.29, 1.82) is 0 Å². The van der Waals surface area contributed by atoms with Crippen molar-refractivity contribution in [3.63, 3.8) is 0 Å². The highest BCUT2D eigenvalue weighted by molar-refractivity contribution is 5.82. The molecule has 39 heavy (non-hydrogen) atoms. The zero-order valence-corrected chi connectivity index (χ0v) is 23.0. The SMILES string of the molecule is CC(C)(CO)c1cc(CC(=O)Cc2ccc(C#Cc3ccc(OCCC[N+]4(O)CCCCC4)cc3)cc2)no1. The molecule has 2 heterocycles. The minimum atomic E-state index is -0.528. The number of rotatable bonds is 11. The van der Waals surface area contributed by atoms with Crippen LogP contribution in [0.4, 0.5) is 0 Å². The van der Waals surface area contributed by atoms with Gasteiger partial charge in [0.25, 0.3) is 0 Å². The van der Waals surface area contributed by atoms with E-state index in [0.717, 1.165) is 61.3 Å². The summed E-state index contributed by atoms with van der Waals surface area (Å²) in [6, 6.07) is 17.2. The van der Waals surface area contributed by atoms with Gasteiger partial charge in [0.2, 0.25) is 0 Å². The van der Waals surface area contributed by atoms with Gasteiger partial charge in [0.1, 0.15) is 36.9 Å². The van der Waals surface area contributed by atoms with Crippen LogP contribution in [0.1, 0.15) is 67.7 Å². The number of piperidine rings is 1. The van der Waals surface area contributed by atoms with Gasteiger partial charge in [-0.25, -0.2) is 5.21 Å². The minimum Gasteiger partial charge on any atom is -0.493 e. The van der Waals surface area contributed by atoms with Crippen LogP contribution < -0.4 is 4.74 Å². The number of hydroxylamine groups is 3. The summed E-state index contributed by atoms with van der Waals surface area (Å²) < 4.78 is 11.3. The zero-order valence-electron chi connectivity index (χ0n) is 23.0. The molecule has 0 unspecified atom stereocenters. The molecule has 1 aromatic heterocycles. The summed E-state index contributed by atoms with van der Waals surface area (Å²) in [5, 5.41) is 24.0.